The summed E-state index contributed by atoms with van der Waals surface area (Å²) < 4.78 is 0. The Kier molecular flexibility index (Phi) is 7.48. The summed E-state index contributed by atoms with van der Waals surface area (Å²) >= 11 is 0. The minimum Gasteiger partial charge on any atom is -0.338 e. The Bertz CT molecular complexity index is 657. The summed E-state index contributed by atoms with van der Waals surface area (Å²) in [4.78, 5) is 14.0. The fraction of sp³-hybridized carbons (Fsp3) is 0.381. The maximum absolute atomic E-state index is 12.2. The van der Waals surface area contributed by atoms with Gasteiger partial charge < -0.3 is 16.0 Å². The van der Waals surface area contributed by atoms with Gasteiger partial charge in [0.1, 0.15) is 0 Å². The van der Waals surface area contributed by atoms with E-state index in [0.29, 0.717) is 19.0 Å². The molecule has 0 spiro atoms. The molecule has 0 radical (unpaired) electrons. The Morgan fingerprint density at radius 1 is 1.08 bits per heavy atom. The van der Waals surface area contributed by atoms with Gasteiger partial charge in [0.15, 0.2) is 0 Å². The van der Waals surface area contributed by atoms with Crippen molar-refractivity contribution in [1.82, 2.24) is 10.2 Å². The van der Waals surface area contributed by atoms with Crippen LogP contribution in [0.2, 0.25) is 0 Å². The Hall–Kier alpha value is -2.33. The molecule has 2 aromatic rings. The van der Waals surface area contributed by atoms with Gasteiger partial charge in [-0.1, -0.05) is 61.5 Å². The highest BCUT2D eigenvalue weighted by Crippen LogP contribution is 2.14. The van der Waals surface area contributed by atoms with Crippen LogP contribution in [-0.2, 0) is 19.4 Å². The number of urea groups is 1. The number of nitrogens with zero attached hydrogens (tertiary/aromatic N) is 1. The molecular formula is C21H29N3O. The molecule has 0 bridgehead atoms. The van der Waals surface area contributed by atoms with Crippen molar-refractivity contribution < 1.29 is 4.79 Å². The van der Waals surface area contributed by atoms with Crippen molar-refractivity contribution >= 4 is 6.03 Å². The summed E-state index contributed by atoms with van der Waals surface area (Å²) in [6.45, 7) is 4.09. The van der Waals surface area contributed by atoms with Gasteiger partial charge in [0, 0.05) is 26.7 Å². The second kappa shape index (κ2) is 9.84. The number of carbonyl (C=O) groups is 1. The highest BCUT2D eigenvalue weighted by molar-refractivity contribution is 5.73. The fourth-order valence-corrected chi connectivity index (χ4v) is 3.04. The number of nitrogens with one attached hydrogen (secondary N) is 1. The van der Waals surface area contributed by atoms with E-state index >= 15 is 0 Å². The second-order valence-corrected chi connectivity index (χ2v) is 6.63. The zero-order valence-corrected chi connectivity index (χ0v) is 15.2. The van der Waals surface area contributed by atoms with Crippen LogP contribution in [0.3, 0.4) is 0 Å². The number of rotatable bonds is 8. The van der Waals surface area contributed by atoms with E-state index in [2.05, 4.69) is 36.5 Å². The van der Waals surface area contributed by atoms with Crippen LogP contribution in [0.15, 0.2) is 54.6 Å². The summed E-state index contributed by atoms with van der Waals surface area (Å²) in [5, 5.41) is 2.99. The lowest BCUT2D eigenvalue weighted by Crippen LogP contribution is -2.40. The van der Waals surface area contributed by atoms with E-state index in [1.807, 2.05) is 37.4 Å². The summed E-state index contributed by atoms with van der Waals surface area (Å²) in [7, 11) is 1.85. The van der Waals surface area contributed by atoms with Gasteiger partial charge in [-0.15, -0.1) is 0 Å². The van der Waals surface area contributed by atoms with Crippen molar-refractivity contribution in [1.29, 1.82) is 0 Å². The Balaban J connectivity index is 1.76. The lowest BCUT2D eigenvalue weighted by molar-refractivity contribution is 0.202. The van der Waals surface area contributed by atoms with Gasteiger partial charge in [0.05, 0.1) is 0 Å². The topological polar surface area (TPSA) is 58.4 Å². The molecule has 0 aliphatic heterocycles. The predicted octanol–water partition coefficient (Wildman–Crippen LogP) is 3.21. The number of hydrogen-bond donors (Lipinski definition) is 2. The highest BCUT2D eigenvalue weighted by Gasteiger charge is 2.13. The zero-order valence-electron chi connectivity index (χ0n) is 15.2. The van der Waals surface area contributed by atoms with Crippen LogP contribution in [0.5, 0.6) is 0 Å². The van der Waals surface area contributed by atoms with E-state index in [1.165, 1.54) is 16.7 Å². The molecule has 0 saturated carbocycles. The third kappa shape index (κ3) is 6.24. The molecule has 25 heavy (non-hydrogen) atoms. The second-order valence-electron chi connectivity index (χ2n) is 6.63. The molecule has 0 fully saturated rings. The van der Waals surface area contributed by atoms with Gasteiger partial charge in [-0.3, -0.25) is 0 Å². The largest absolute Gasteiger partial charge is 0.338 e. The maximum Gasteiger partial charge on any atom is 0.317 e. The van der Waals surface area contributed by atoms with Crippen molar-refractivity contribution in [3.8, 4) is 0 Å². The SMILES string of the molecule is C[C@@H](Cc1ccccc1CN)CN(C)C(=O)NCCc1ccccc1. The summed E-state index contributed by atoms with van der Waals surface area (Å²) in [6.07, 6.45) is 1.77. The molecule has 4 heteroatoms. The molecule has 0 aliphatic rings. The monoisotopic (exact) mass is 339 g/mol. The predicted molar refractivity (Wildman–Crippen MR) is 103 cm³/mol. The van der Waals surface area contributed by atoms with Crippen LogP contribution in [-0.4, -0.2) is 31.1 Å². The third-order valence-electron chi connectivity index (χ3n) is 4.37. The van der Waals surface area contributed by atoms with Crippen molar-refractivity contribution in [3.05, 3.63) is 71.3 Å². The minimum absolute atomic E-state index is 0.0186. The van der Waals surface area contributed by atoms with Crippen LogP contribution >= 0.6 is 0 Å². The van der Waals surface area contributed by atoms with Gasteiger partial charge in [0.2, 0.25) is 0 Å². The van der Waals surface area contributed by atoms with E-state index < -0.39 is 0 Å². The molecule has 3 N–H and O–H groups in total. The van der Waals surface area contributed by atoms with Crippen molar-refractivity contribution in [2.45, 2.75) is 26.3 Å². The Morgan fingerprint density at radius 3 is 2.40 bits per heavy atom. The molecule has 2 rings (SSSR count). The molecule has 0 aromatic heterocycles. The molecule has 2 aromatic carbocycles. The average Bonchev–Trinajstić information content (AvgIpc) is 2.62. The van der Waals surface area contributed by atoms with E-state index in [0.717, 1.165) is 19.4 Å². The first-order valence-corrected chi connectivity index (χ1v) is 8.90. The van der Waals surface area contributed by atoms with Crippen molar-refractivity contribution in [2.24, 2.45) is 11.7 Å². The molecule has 1 atom stereocenters. The lowest BCUT2D eigenvalue weighted by Gasteiger charge is -2.23. The molecular weight excluding hydrogens is 310 g/mol. The number of nitrogens with two attached hydrogens (primary N) is 1. The van der Waals surface area contributed by atoms with Crippen LogP contribution in [0.1, 0.15) is 23.6 Å². The number of hydrogen-bond acceptors (Lipinski definition) is 2. The molecule has 0 unspecified atom stereocenters. The van der Waals surface area contributed by atoms with Crippen molar-refractivity contribution in [3.63, 3.8) is 0 Å². The first-order valence-electron chi connectivity index (χ1n) is 8.90. The first-order chi connectivity index (χ1) is 12.1. The van der Waals surface area contributed by atoms with Crippen LogP contribution < -0.4 is 11.1 Å². The van der Waals surface area contributed by atoms with Gasteiger partial charge >= 0.3 is 6.03 Å². The molecule has 134 valence electrons. The van der Waals surface area contributed by atoms with Crippen molar-refractivity contribution in [2.75, 3.05) is 20.1 Å². The smallest absolute Gasteiger partial charge is 0.317 e. The van der Waals surface area contributed by atoms with E-state index in [4.69, 9.17) is 5.73 Å². The first kappa shape index (κ1) is 19.0. The fourth-order valence-electron chi connectivity index (χ4n) is 3.04. The molecule has 0 aliphatic carbocycles. The quantitative estimate of drug-likeness (QED) is 0.776. The molecule has 4 nitrogen and oxygen atoms in total. The lowest BCUT2D eigenvalue weighted by atomic mass is 9.96. The van der Waals surface area contributed by atoms with Gasteiger partial charge in [-0.2, -0.15) is 0 Å². The zero-order chi connectivity index (χ0) is 18.1. The molecule has 0 saturated heterocycles. The highest BCUT2D eigenvalue weighted by atomic mass is 16.2. The standard InChI is InChI=1S/C21H29N3O/c1-17(14-19-10-6-7-11-20(19)15-22)16-24(2)21(25)23-13-12-18-8-4-3-5-9-18/h3-11,17H,12-16,22H2,1-2H3,(H,23,25)/t17-/m0/s1. The number of benzene rings is 2. The van der Waals surface area contributed by atoms with E-state index in [1.54, 1.807) is 4.90 Å². The molecule has 2 amide bonds. The van der Waals surface area contributed by atoms with Gasteiger partial charge in [0.25, 0.3) is 0 Å². The van der Waals surface area contributed by atoms with E-state index in [9.17, 15) is 4.79 Å². The Labute approximate surface area is 151 Å². The average molecular weight is 339 g/mol. The maximum atomic E-state index is 12.2. The minimum atomic E-state index is -0.0186. The summed E-state index contributed by atoms with van der Waals surface area (Å²) in [5.41, 5.74) is 9.50. The van der Waals surface area contributed by atoms with Gasteiger partial charge in [-0.05, 0) is 35.4 Å². The number of carbonyl (C=O) groups excluding carboxylic acids is 1. The molecule has 0 heterocycles. The van der Waals surface area contributed by atoms with Crippen LogP contribution in [0, 0.1) is 5.92 Å². The number of amides is 2. The van der Waals surface area contributed by atoms with E-state index in [-0.39, 0.29) is 6.03 Å². The van der Waals surface area contributed by atoms with Crippen LogP contribution in [0.4, 0.5) is 4.79 Å². The van der Waals surface area contributed by atoms with Crippen LogP contribution in [0.25, 0.3) is 0 Å². The summed E-state index contributed by atoms with van der Waals surface area (Å²) in [5.74, 6) is 0.373. The van der Waals surface area contributed by atoms with Gasteiger partial charge in [-0.25, -0.2) is 4.79 Å². The Morgan fingerprint density at radius 2 is 1.72 bits per heavy atom. The summed E-state index contributed by atoms with van der Waals surface area (Å²) in [6, 6.07) is 18.4. The third-order valence-corrected chi connectivity index (χ3v) is 4.37. The normalized spacial score (nSPS) is 11.8.